The number of urea groups is 1. The Morgan fingerprint density at radius 1 is 1.15 bits per heavy atom. The summed E-state index contributed by atoms with van der Waals surface area (Å²) in [5.74, 6) is -2.06. The van der Waals surface area contributed by atoms with Crippen LogP contribution < -0.4 is 16.0 Å². The molecular formula is C19H26FN3O4. The van der Waals surface area contributed by atoms with Crippen LogP contribution >= 0.6 is 0 Å². The number of amides is 3. The molecule has 7 nitrogen and oxygen atoms in total. The van der Waals surface area contributed by atoms with Gasteiger partial charge in [-0.25, -0.2) is 14.0 Å². The molecule has 148 valence electrons. The zero-order valence-electron chi connectivity index (χ0n) is 15.5. The zero-order valence-corrected chi connectivity index (χ0v) is 15.5. The first-order valence-corrected chi connectivity index (χ1v) is 8.80. The van der Waals surface area contributed by atoms with E-state index in [4.69, 9.17) is 0 Å². The number of allylic oxidation sites excluding steroid dienone is 1. The van der Waals surface area contributed by atoms with Gasteiger partial charge in [-0.05, 0) is 37.5 Å². The minimum atomic E-state index is -1.14. The second-order valence-electron chi connectivity index (χ2n) is 6.00. The molecule has 0 heterocycles. The molecule has 0 aromatic heterocycles. The van der Waals surface area contributed by atoms with Crippen LogP contribution in [0, 0.1) is 5.82 Å². The molecule has 0 saturated heterocycles. The predicted molar refractivity (Wildman–Crippen MR) is 99.5 cm³/mol. The topological polar surface area (TPSA) is 108 Å². The molecule has 3 amide bonds. The van der Waals surface area contributed by atoms with Gasteiger partial charge in [0.15, 0.2) is 0 Å². The molecule has 1 aromatic carbocycles. The minimum absolute atomic E-state index is 0.160. The van der Waals surface area contributed by atoms with Crippen molar-refractivity contribution in [3.63, 3.8) is 0 Å². The van der Waals surface area contributed by atoms with Gasteiger partial charge in [0.05, 0.1) is 0 Å². The average molecular weight is 379 g/mol. The van der Waals surface area contributed by atoms with Crippen LogP contribution in [0.3, 0.4) is 0 Å². The van der Waals surface area contributed by atoms with E-state index in [0.717, 1.165) is 0 Å². The molecule has 0 aliphatic heterocycles. The van der Waals surface area contributed by atoms with Crippen molar-refractivity contribution in [1.29, 1.82) is 0 Å². The average Bonchev–Trinajstić information content (AvgIpc) is 2.63. The molecule has 0 radical (unpaired) electrons. The van der Waals surface area contributed by atoms with Gasteiger partial charge in [-0.3, -0.25) is 4.79 Å². The lowest BCUT2D eigenvalue weighted by molar-refractivity contribution is -0.142. The van der Waals surface area contributed by atoms with Crippen molar-refractivity contribution in [3.8, 4) is 0 Å². The summed E-state index contributed by atoms with van der Waals surface area (Å²) in [5.41, 5.74) is 0.709. The highest BCUT2D eigenvalue weighted by molar-refractivity contribution is 5.90. The minimum Gasteiger partial charge on any atom is -0.480 e. The number of hydrogen-bond donors (Lipinski definition) is 4. The van der Waals surface area contributed by atoms with Gasteiger partial charge in [0, 0.05) is 6.54 Å². The van der Waals surface area contributed by atoms with E-state index in [1.54, 1.807) is 31.2 Å². The van der Waals surface area contributed by atoms with Crippen molar-refractivity contribution in [3.05, 3.63) is 47.8 Å². The monoisotopic (exact) mass is 379 g/mol. The Kier molecular flexibility index (Phi) is 9.57. The zero-order chi connectivity index (χ0) is 20.2. The summed E-state index contributed by atoms with van der Waals surface area (Å²) in [6, 6.07) is 3.20. The van der Waals surface area contributed by atoms with Crippen LogP contribution in [0.1, 0.15) is 38.7 Å². The van der Waals surface area contributed by atoms with Crippen molar-refractivity contribution in [1.82, 2.24) is 16.0 Å². The number of hydrogen-bond acceptors (Lipinski definition) is 3. The highest BCUT2D eigenvalue weighted by Gasteiger charge is 2.25. The van der Waals surface area contributed by atoms with Crippen LogP contribution in [-0.4, -0.2) is 35.1 Å². The lowest BCUT2D eigenvalue weighted by Crippen LogP contribution is -2.53. The second kappa shape index (κ2) is 11.7. The number of carboxylic acids is 1. The molecule has 1 aromatic rings. The van der Waals surface area contributed by atoms with Gasteiger partial charge in [0.1, 0.15) is 17.9 Å². The van der Waals surface area contributed by atoms with Gasteiger partial charge in [0.2, 0.25) is 5.91 Å². The summed E-state index contributed by atoms with van der Waals surface area (Å²) in [7, 11) is 0. The standard InChI is InChI=1S/C19H26FN3O4/c1-3-5-7-16(18(25)26)22-17(24)15(6-4-2)23-19(27)21-12-13-8-10-14(20)11-9-13/h3,5,8-11,15-16H,4,6-7,12H2,1-2H3,(H,22,24)(H,25,26)(H2,21,23,27)/b5-3+. The van der Waals surface area contributed by atoms with Crippen LogP contribution in [0.25, 0.3) is 0 Å². The number of nitrogens with one attached hydrogen (secondary N) is 3. The van der Waals surface area contributed by atoms with E-state index in [1.807, 2.05) is 6.92 Å². The number of benzene rings is 1. The maximum atomic E-state index is 12.9. The number of rotatable bonds is 10. The first-order chi connectivity index (χ1) is 12.9. The highest BCUT2D eigenvalue weighted by atomic mass is 19.1. The fraction of sp³-hybridized carbons (Fsp3) is 0.421. The normalized spacial score (nSPS) is 13.0. The van der Waals surface area contributed by atoms with E-state index in [0.29, 0.717) is 18.4 Å². The lowest BCUT2D eigenvalue weighted by Gasteiger charge is -2.21. The first kappa shape index (κ1) is 22.1. The molecule has 0 aliphatic carbocycles. The number of halogens is 1. The quantitative estimate of drug-likeness (QED) is 0.468. The van der Waals surface area contributed by atoms with Gasteiger partial charge in [-0.15, -0.1) is 0 Å². The Bertz CT molecular complexity index is 661. The van der Waals surface area contributed by atoms with Crippen molar-refractivity contribution < 1.29 is 23.9 Å². The molecule has 0 spiro atoms. The van der Waals surface area contributed by atoms with E-state index >= 15 is 0 Å². The molecule has 8 heteroatoms. The molecule has 0 saturated carbocycles. The Morgan fingerprint density at radius 3 is 2.37 bits per heavy atom. The Labute approximate surface area is 158 Å². The second-order valence-corrected chi connectivity index (χ2v) is 6.00. The van der Waals surface area contributed by atoms with Crippen LogP contribution in [0.5, 0.6) is 0 Å². The summed E-state index contributed by atoms with van der Waals surface area (Å²) in [4.78, 5) is 35.7. The molecule has 27 heavy (non-hydrogen) atoms. The highest BCUT2D eigenvalue weighted by Crippen LogP contribution is 2.03. The third kappa shape index (κ3) is 8.35. The van der Waals surface area contributed by atoms with Crippen molar-refractivity contribution in [2.24, 2.45) is 0 Å². The summed E-state index contributed by atoms with van der Waals surface area (Å²) in [5, 5.41) is 16.8. The molecule has 4 N–H and O–H groups in total. The van der Waals surface area contributed by atoms with Gasteiger partial charge in [0.25, 0.3) is 0 Å². The molecule has 0 aliphatic rings. The van der Waals surface area contributed by atoms with Crippen molar-refractivity contribution in [2.45, 2.75) is 51.7 Å². The van der Waals surface area contributed by atoms with Gasteiger partial charge in [-0.1, -0.05) is 37.6 Å². The Hall–Kier alpha value is -2.90. The number of carbonyl (C=O) groups is 3. The Morgan fingerprint density at radius 2 is 1.81 bits per heavy atom. The summed E-state index contributed by atoms with van der Waals surface area (Å²) in [6.45, 7) is 3.78. The molecular weight excluding hydrogens is 353 g/mol. The van der Waals surface area contributed by atoms with Gasteiger partial charge in [-0.2, -0.15) is 0 Å². The summed E-state index contributed by atoms with van der Waals surface area (Å²) < 4.78 is 12.9. The maximum Gasteiger partial charge on any atom is 0.326 e. The Balaban J connectivity index is 2.61. The third-order valence-electron chi connectivity index (χ3n) is 3.79. The van der Waals surface area contributed by atoms with Crippen molar-refractivity contribution >= 4 is 17.9 Å². The van der Waals surface area contributed by atoms with E-state index in [-0.39, 0.29) is 18.8 Å². The number of carboxylic acid groups (broad SMARTS) is 1. The fourth-order valence-corrected chi connectivity index (χ4v) is 2.32. The third-order valence-corrected chi connectivity index (χ3v) is 3.79. The van der Waals surface area contributed by atoms with E-state index in [1.165, 1.54) is 12.1 Å². The fourth-order valence-electron chi connectivity index (χ4n) is 2.32. The van der Waals surface area contributed by atoms with Gasteiger partial charge >= 0.3 is 12.0 Å². The number of aliphatic carboxylic acids is 1. The van der Waals surface area contributed by atoms with E-state index in [2.05, 4.69) is 16.0 Å². The van der Waals surface area contributed by atoms with Gasteiger partial charge < -0.3 is 21.1 Å². The molecule has 1 rings (SSSR count). The van der Waals surface area contributed by atoms with Crippen LogP contribution in [0.15, 0.2) is 36.4 Å². The smallest absolute Gasteiger partial charge is 0.326 e. The summed E-state index contributed by atoms with van der Waals surface area (Å²) >= 11 is 0. The first-order valence-electron chi connectivity index (χ1n) is 8.80. The molecule has 2 atom stereocenters. The molecule has 0 fully saturated rings. The van der Waals surface area contributed by atoms with E-state index in [9.17, 15) is 23.9 Å². The van der Waals surface area contributed by atoms with Crippen molar-refractivity contribution in [2.75, 3.05) is 0 Å². The molecule has 0 bridgehead atoms. The summed E-state index contributed by atoms with van der Waals surface area (Å²) in [6.07, 6.45) is 4.51. The maximum absolute atomic E-state index is 12.9. The SMILES string of the molecule is C/C=C/CC(NC(=O)C(CCC)NC(=O)NCc1ccc(F)cc1)C(=O)O. The number of carbonyl (C=O) groups excluding carboxylic acids is 2. The predicted octanol–water partition coefficient (Wildman–Crippen LogP) is 2.33. The van der Waals surface area contributed by atoms with Crippen LogP contribution in [0.2, 0.25) is 0 Å². The van der Waals surface area contributed by atoms with Crippen LogP contribution in [0.4, 0.5) is 9.18 Å². The largest absolute Gasteiger partial charge is 0.480 e. The van der Waals surface area contributed by atoms with Crippen LogP contribution in [-0.2, 0) is 16.1 Å². The molecule has 2 unspecified atom stereocenters. The lowest BCUT2D eigenvalue weighted by atomic mass is 10.1. The van der Waals surface area contributed by atoms with E-state index < -0.39 is 30.0 Å².